The largest absolute Gasteiger partial charge is 0.497 e. The monoisotopic (exact) mass is 570 g/mol. The van der Waals surface area contributed by atoms with E-state index in [1.165, 1.54) is 5.56 Å². The second-order valence-electron chi connectivity index (χ2n) is 6.98. The molecule has 1 atom stereocenters. The minimum absolute atomic E-state index is 0. The first kappa shape index (κ1) is 27.3. The van der Waals surface area contributed by atoms with E-state index in [1.807, 2.05) is 19.1 Å². The molecule has 1 saturated heterocycles. The maximum Gasteiger partial charge on any atom is 0.215 e. The number of halogens is 1. The van der Waals surface area contributed by atoms with Crippen LogP contribution in [0, 0.1) is 0 Å². The van der Waals surface area contributed by atoms with Gasteiger partial charge in [0.05, 0.1) is 12.9 Å². The number of sulfonamides is 1. The lowest BCUT2D eigenvalue weighted by Gasteiger charge is -2.25. The van der Waals surface area contributed by atoms with Crippen LogP contribution >= 0.6 is 35.7 Å². The summed E-state index contributed by atoms with van der Waals surface area (Å²) in [6, 6.07) is 8.12. The third-order valence-corrected chi connectivity index (χ3v) is 7.69. The van der Waals surface area contributed by atoms with E-state index < -0.39 is 10.0 Å². The van der Waals surface area contributed by atoms with Crippen LogP contribution in [0.1, 0.15) is 31.7 Å². The number of rotatable bonds is 10. The summed E-state index contributed by atoms with van der Waals surface area (Å²) in [5, 5.41) is 6.34. The number of nitrogens with zero attached hydrogens (tertiary/aromatic N) is 2. The Morgan fingerprint density at radius 2 is 1.90 bits per heavy atom. The van der Waals surface area contributed by atoms with E-state index in [2.05, 4.69) is 34.7 Å². The van der Waals surface area contributed by atoms with Gasteiger partial charge in [-0.25, -0.2) is 12.7 Å². The molecule has 0 bridgehead atoms. The summed E-state index contributed by atoms with van der Waals surface area (Å²) in [7, 11) is -1.54. The van der Waals surface area contributed by atoms with Gasteiger partial charge in [-0.1, -0.05) is 19.1 Å². The molecule has 1 heterocycles. The predicted octanol–water partition coefficient (Wildman–Crippen LogP) is 2.74. The molecule has 1 aliphatic rings. The van der Waals surface area contributed by atoms with Gasteiger partial charge < -0.3 is 15.4 Å². The van der Waals surface area contributed by atoms with Crippen molar-refractivity contribution >= 4 is 51.7 Å². The molecule has 2 rings (SSSR count). The molecule has 2 N–H and O–H groups in total. The zero-order valence-electron chi connectivity index (χ0n) is 18.1. The molecule has 0 aliphatic carbocycles. The number of methoxy groups -OCH3 is 1. The van der Waals surface area contributed by atoms with Crippen molar-refractivity contribution < 1.29 is 13.2 Å². The average Bonchev–Trinajstić information content (AvgIpc) is 2.74. The fraction of sp³-hybridized carbons (Fsp3) is 0.650. The number of hydrogen-bond donors (Lipinski definition) is 2. The molecule has 10 heteroatoms. The normalized spacial score (nSPS) is 16.4. The van der Waals surface area contributed by atoms with Gasteiger partial charge in [0.2, 0.25) is 10.0 Å². The van der Waals surface area contributed by atoms with Crippen molar-refractivity contribution in [3.05, 3.63) is 29.8 Å². The Hall–Kier alpha value is -0.720. The molecule has 0 spiro atoms. The Morgan fingerprint density at radius 3 is 2.50 bits per heavy atom. The molecule has 1 aliphatic heterocycles. The Balaban J connectivity index is 0.00000450. The van der Waals surface area contributed by atoms with Crippen molar-refractivity contribution in [3.8, 4) is 5.75 Å². The summed E-state index contributed by atoms with van der Waals surface area (Å²) in [5.74, 6) is 3.75. The molecule has 7 nitrogen and oxygen atoms in total. The molecule has 172 valence electrons. The molecular formula is C20H35IN4O3S2. The van der Waals surface area contributed by atoms with Crippen LogP contribution < -0.4 is 15.4 Å². The van der Waals surface area contributed by atoms with E-state index in [4.69, 9.17) is 4.74 Å². The Bertz CT molecular complexity index is 739. The maximum atomic E-state index is 12.4. The third kappa shape index (κ3) is 9.19. The van der Waals surface area contributed by atoms with Crippen LogP contribution in [-0.2, 0) is 10.0 Å². The summed E-state index contributed by atoms with van der Waals surface area (Å²) < 4.78 is 31.7. The van der Waals surface area contributed by atoms with E-state index in [1.54, 1.807) is 23.2 Å². The van der Waals surface area contributed by atoms with Crippen LogP contribution in [0.5, 0.6) is 5.75 Å². The predicted molar refractivity (Wildman–Crippen MR) is 138 cm³/mol. The summed E-state index contributed by atoms with van der Waals surface area (Å²) >= 11 is 1.80. The van der Waals surface area contributed by atoms with Gasteiger partial charge in [0, 0.05) is 44.2 Å². The zero-order valence-corrected chi connectivity index (χ0v) is 22.1. The van der Waals surface area contributed by atoms with Crippen LogP contribution in [0.25, 0.3) is 0 Å². The van der Waals surface area contributed by atoms with Gasteiger partial charge >= 0.3 is 0 Å². The first-order valence-corrected chi connectivity index (χ1v) is 12.9. The summed E-state index contributed by atoms with van der Waals surface area (Å²) in [6.45, 7) is 7.16. The number of nitrogens with one attached hydrogen (secondary N) is 2. The summed E-state index contributed by atoms with van der Waals surface area (Å²) in [5.41, 5.74) is 1.25. The highest BCUT2D eigenvalue weighted by Gasteiger charge is 2.23. The van der Waals surface area contributed by atoms with Gasteiger partial charge in [-0.15, -0.1) is 24.0 Å². The molecule has 0 amide bonds. The molecular weight excluding hydrogens is 535 g/mol. The van der Waals surface area contributed by atoms with Crippen molar-refractivity contribution in [3.63, 3.8) is 0 Å². The van der Waals surface area contributed by atoms with Crippen molar-refractivity contribution in [2.24, 2.45) is 4.99 Å². The Labute approximate surface area is 202 Å². The Morgan fingerprint density at radius 1 is 1.23 bits per heavy atom. The lowest BCUT2D eigenvalue weighted by Crippen LogP contribution is -2.44. The lowest BCUT2D eigenvalue weighted by molar-refractivity contribution is 0.414. The number of guanidine groups is 1. The third-order valence-electron chi connectivity index (χ3n) is 4.88. The lowest BCUT2D eigenvalue weighted by atomic mass is 9.98. The number of ether oxygens (including phenoxy) is 1. The Kier molecular flexibility index (Phi) is 13.1. The van der Waals surface area contributed by atoms with Crippen LogP contribution in [-0.4, -0.2) is 75.8 Å². The average molecular weight is 571 g/mol. The fourth-order valence-electron chi connectivity index (χ4n) is 3.06. The van der Waals surface area contributed by atoms with Gasteiger partial charge in [-0.05, 0) is 37.0 Å². The number of hydrogen-bond acceptors (Lipinski definition) is 5. The molecule has 0 aromatic heterocycles. The number of benzene rings is 1. The standard InChI is InChI=1S/C20H34N4O3S2.HI/c1-4-21-20(23-11-16-29(25,26)24-12-14-28-15-13-24)22-10-9-17(2)18-5-7-19(27-3)8-6-18;/h5-8,17H,4,9-16H2,1-3H3,(H2,21,22,23);1H. The van der Waals surface area contributed by atoms with Gasteiger partial charge in [-0.3, -0.25) is 4.99 Å². The number of aliphatic imine (C=N–C) groups is 1. The first-order chi connectivity index (χ1) is 14.0. The van der Waals surface area contributed by atoms with Crippen LogP contribution in [0.4, 0.5) is 0 Å². The molecule has 1 unspecified atom stereocenters. The van der Waals surface area contributed by atoms with E-state index in [0.29, 0.717) is 38.1 Å². The van der Waals surface area contributed by atoms with E-state index in [0.717, 1.165) is 30.2 Å². The van der Waals surface area contributed by atoms with Crippen LogP contribution in [0.2, 0.25) is 0 Å². The molecule has 0 radical (unpaired) electrons. The molecule has 0 saturated carbocycles. The van der Waals surface area contributed by atoms with Gasteiger partial charge in [-0.2, -0.15) is 11.8 Å². The second-order valence-corrected chi connectivity index (χ2v) is 10.3. The minimum atomic E-state index is -3.21. The van der Waals surface area contributed by atoms with Crippen molar-refractivity contribution in [1.82, 2.24) is 14.9 Å². The smallest absolute Gasteiger partial charge is 0.215 e. The quantitative estimate of drug-likeness (QED) is 0.256. The van der Waals surface area contributed by atoms with Crippen molar-refractivity contribution in [2.45, 2.75) is 26.2 Å². The highest BCUT2D eigenvalue weighted by Crippen LogP contribution is 2.21. The van der Waals surface area contributed by atoms with Gasteiger partial charge in [0.25, 0.3) is 0 Å². The van der Waals surface area contributed by atoms with Crippen molar-refractivity contribution in [1.29, 1.82) is 0 Å². The zero-order chi connectivity index (χ0) is 21.1. The van der Waals surface area contributed by atoms with Crippen molar-refractivity contribution in [2.75, 3.05) is 57.1 Å². The van der Waals surface area contributed by atoms with E-state index >= 15 is 0 Å². The molecule has 1 aromatic rings. The highest BCUT2D eigenvalue weighted by atomic mass is 127. The van der Waals surface area contributed by atoms with E-state index in [9.17, 15) is 8.42 Å². The van der Waals surface area contributed by atoms with Crippen LogP contribution in [0.15, 0.2) is 29.3 Å². The molecule has 30 heavy (non-hydrogen) atoms. The van der Waals surface area contributed by atoms with E-state index in [-0.39, 0.29) is 29.7 Å². The molecule has 1 fully saturated rings. The maximum absolute atomic E-state index is 12.4. The summed E-state index contributed by atoms with van der Waals surface area (Å²) in [4.78, 5) is 4.60. The van der Waals surface area contributed by atoms with Gasteiger partial charge in [0.15, 0.2) is 5.96 Å². The highest BCUT2D eigenvalue weighted by molar-refractivity contribution is 14.0. The van der Waals surface area contributed by atoms with Crippen LogP contribution in [0.3, 0.4) is 0 Å². The topological polar surface area (TPSA) is 83.0 Å². The fourth-order valence-corrected chi connectivity index (χ4v) is 5.55. The second kappa shape index (κ2) is 14.4. The SMILES string of the molecule is CCNC(=NCCC(C)c1ccc(OC)cc1)NCCS(=O)(=O)N1CCSCC1.I. The number of thioether (sulfide) groups is 1. The summed E-state index contributed by atoms with van der Waals surface area (Å²) in [6.07, 6.45) is 0.909. The first-order valence-electron chi connectivity index (χ1n) is 10.2. The minimum Gasteiger partial charge on any atom is -0.497 e. The van der Waals surface area contributed by atoms with Gasteiger partial charge in [0.1, 0.15) is 5.75 Å². The molecule has 1 aromatic carbocycles.